The van der Waals surface area contributed by atoms with Crippen LogP contribution in [0.25, 0.3) is 15.5 Å². The molecule has 0 aliphatic heterocycles. The summed E-state index contributed by atoms with van der Waals surface area (Å²) in [6.45, 7) is 1.99. The van der Waals surface area contributed by atoms with E-state index >= 15 is 0 Å². The van der Waals surface area contributed by atoms with Crippen molar-refractivity contribution in [3.8, 4) is 16.3 Å². The predicted octanol–water partition coefficient (Wildman–Crippen LogP) is 1.78. The highest BCUT2D eigenvalue weighted by Gasteiger charge is 2.14. The molecule has 2 aromatic heterocycles. The Morgan fingerprint density at radius 1 is 1.48 bits per heavy atom. The van der Waals surface area contributed by atoms with E-state index in [0.717, 1.165) is 12.2 Å². The minimum atomic E-state index is 0.0965. The van der Waals surface area contributed by atoms with E-state index < -0.39 is 0 Å². The number of aromatic nitrogens is 4. The lowest BCUT2D eigenvalue weighted by atomic mass is 10.2. The van der Waals surface area contributed by atoms with E-state index in [2.05, 4.69) is 20.6 Å². The van der Waals surface area contributed by atoms with Crippen LogP contribution in [0.3, 0.4) is 0 Å². The fraction of sp³-hybridized carbons (Fsp3) is 0.167. The first kappa shape index (κ1) is 13.7. The summed E-state index contributed by atoms with van der Waals surface area (Å²) in [6, 6.07) is 5.09. The largest absolute Gasteiger partial charge is 0.507 e. The van der Waals surface area contributed by atoms with Crippen LogP contribution in [-0.2, 0) is 6.42 Å². The number of phenolic OH excluding ortho intramolecular Hbond substituents is 1. The number of benzene rings is 1. The smallest absolute Gasteiger partial charge is 0.234 e. The standard InChI is InChI=1S/C12H12N6OS2/c1-2-9-15-16-12-18(9)17-10(21-12)7-4-3-6(5-8(7)19)14-11(13)20/h3-5,19H,2H2,1H3,(H3,13,14,20). The van der Waals surface area contributed by atoms with Crippen LogP contribution in [0.2, 0.25) is 0 Å². The van der Waals surface area contributed by atoms with E-state index in [4.69, 9.17) is 18.0 Å². The van der Waals surface area contributed by atoms with Crippen molar-refractivity contribution in [1.82, 2.24) is 19.8 Å². The SMILES string of the molecule is CCc1nnc2sc(-c3ccc(NC(N)=S)cc3O)nn12. The lowest BCUT2D eigenvalue weighted by molar-refractivity contribution is 0.477. The monoisotopic (exact) mass is 320 g/mol. The van der Waals surface area contributed by atoms with E-state index in [1.54, 1.807) is 22.7 Å². The van der Waals surface area contributed by atoms with Crippen molar-refractivity contribution in [2.75, 3.05) is 5.32 Å². The molecule has 0 radical (unpaired) electrons. The summed E-state index contributed by atoms with van der Waals surface area (Å²) in [5.74, 6) is 0.887. The molecule has 0 saturated carbocycles. The summed E-state index contributed by atoms with van der Waals surface area (Å²) in [6.07, 6.45) is 0.743. The third-order valence-corrected chi connectivity index (χ3v) is 3.90. The number of anilines is 1. The molecule has 0 bridgehead atoms. The second-order valence-electron chi connectivity index (χ2n) is 4.29. The lowest BCUT2D eigenvalue weighted by Gasteiger charge is -2.06. The Labute approximate surface area is 129 Å². The van der Waals surface area contributed by atoms with Crippen LogP contribution in [0.15, 0.2) is 18.2 Å². The third-order valence-electron chi connectivity index (χ3n) is 2.87. The van der Waals surface area contributed by atoms with Crippen LogP contribution in [0.5, 0.6) is 5.75 Å². The molecule has 3 aromatic rings. The van der Waals surface area contributed by atoms with E-state index in [1.807, 2.05) is 6.92 Å². The van der Waals surface area contributed by atoms with Gasteiger partial charge in [-0.1, -0.05) is 18.3 Å². The molecular formula is C12H12N6OS2. The number of rotatable bonds is 3. The molecule has 9 heteroatoms. The van der Waals surface area contributed by atoms with Gasteiger partial charge >= 0.3 is 0 Å². The van der Waals surface area contributed by atoms with E-state index in [0.29, 0.717) is 21.2 Å². The van der Waals surface area contributed by atoms with Crippen LogP contribution in [-0.4, -0.2) is 30.0 Å². The third kappa shape index (κ3) is 2.52. The molecule has 21 heavy (non-hydrogen) atoms. The minimum absolute atomic E-state index is 0.0965. The van der Waals surface area contributed by atoms with Gasteiger partial charge in [0.25, 0.3) is 0 Å². The second kappa shape index (κ2) is 5.26. The van der Waals surface area contributed by atoms with Gasteiger partial charge < -0.3 is 16.2 Å². The Balaban J connectivity index is 2.01. The summed E-state index contributed by atoms with van der Waals surface area (Å²) in [4.78, 5) is 0.701. The summed E-state index contributed by atoms with van der Waals surface area (Å²) < 4.78 is 1.70. The van der Waals surface area contributed by atoms with Crippen molar-refractivity contribution in [2.24, 2.45) is 5.73 Å². The highest BCUT2D eigenvalue weighted by atomic mass is 32.1. The first-order chi connectivity index (χ1) is 10.1. The minimum Gasteiger partial charge on any atom is -0.507 e. The summed E-state index contributed by atoms with van der Waals surface area (Å²) >= 11 is 6.13. The molecule has 0 fully saturated rings. The highest BCUT2D eigenvalue weighted by molar-refractivity contribution is 7.80. The zero-order valence-electron chi connectivity index (χ0n) is 11.1. The Hall–Kier alpha value is -2.26. The highest BCUT2D eigenvalue weighted by Crippen LogP contribution is 2.34. The predicted molar refractivity (Wildman–Crippen MR) is 85.5 cm³/mol. The van der Waals surface area contributed by atoms with Crippen LogP contribution >= 0.6 is 23.6 Å². The molecule has 1 aromatic carbocycles. The molecule has 0 aliphatic rings. The van der Waals surface area contributed by atoms with E-state index in [-0.39, 0.29) is 10.9 Å². The number of nitrogens with two attached hydrogens (primary N) is 1. The van der Waals surface area contributed by atoms with E-state index in [9.17, 15) is 5.11 Å². The molecule has 7 nitrogen and oxygen atoms in total. The van der Waals surface area contributed by atoms with Crippen LogP contribution < -0.4 is 11.1 Å². The van der Waals surface area contributed by atoms with Crippen molar-refractivity contribution in [3.05, 3.63) is 24.0 Å². The normalized spacial score (nSPS) is 10.9. The van der Waals surface area contributed by atoms with Gasteiger partial charge in [0.1, 0.15) is 5.75 Å². The van der Waals surface area contributed by atoms with Gasteiger partial charge in [-0.2, -0.15) is 9.61 Å². The maximum absolute atomic E-state index is 10.1. The number of phenols is 1. The first-order valence-corrected chi connectivity index (χ1v) is 7.42. The maximum atomic E-state index is 10.1. The first-order valence-electron chi connectivity index (χ1n) is 6.19. The van der Waals surface area contributed by atoms with Gasteiger partial charge in [0.2, 0.25) is 4.96 Å². The number of hydrogen-bond donors (Lipinski definition) is 3. The number of nitrogens with zero attached hydrogens (tertiary/aromatic N) is 4. The molecule has 0 saturated heterocycles. The number of thiocarbonyl (C=S) groups is 1. The van der Waals surface area contributed by atoms with Gasteiger partial charge in [-0.3, -0.25) is 0 Å². The summed E-state index contributed by atoms with van der Waals surface area (Å²) in [5.41, 5.74) is 6.65. The van der Waals surface area contributed by atoms with Crippen molar-refractivity contribution < 1.29 is 5.11 Å². The Kier molecular flexibility index (Phi) is 3.43. The number of fused-ring (bicyclic) bond motifs is 1. The van der Waals surface area contributed by atoms with Crippen LogP contribution in [0, 0.1) is 0 Å². The van der Waals surface area contributed by atoms with Gasteiger partial charge in [0, 0.05) is 18.2 Å². The zero-order chi connectivity index (χ0) is 15.0. The van der Waals surface area contributed by atoms with Crippen molar-refractivity contribution in [2.45, 2.75) is 13.3 Å². The molecule has 4 N–H and O–H groups in total. The van der Waals surface area contributed by atoms with Crippen molar-refractivity contribution >= 4 is 39.3 Å². The van der Waals surface area contributed by atoms with E-state index in [1.165, 1.54) is 11.3 Å². The fourth-order valence-corrected chi connectivity index (χ4v) is 2.93. The maximum Gasteiger partial charge on any atom is 0.234 e. The molecule has 0 aliphatic carbocycles. The topological polar surface area (TPSA) is 101 Å². The fourth-order valence-electron chi connectivity index (χ4n) is 1.92. The molecular weight excluding hydrogens is 308 g/mol. The average molecular weight is 320 g/mol. The van der Waals surface area contributed by atoms with Gasteiger partial charge in [-0.05, 0) is 24.4 Å². The van der Waals surface area contributed by atoms with Crippen molar-refractivity contribution in [1.29, 1.82) is 0 Å². The Morgan fingerprint density at radius 2 is 2.29 bits per heavy atom. The molecule has 0 unspecified atom stereocenters. The van der Waals surface area contributed by atoms with Crippen LogP contribution in [0.4, 0.5) is 5.69 Å². The zero-order valence-corrected chi connectivity index (χ0v) is 12.7. The Morgan fingerprint density at radius 3 is 2.95 bits per heavy atom. The van der Waals surface area contributed by atoms with Gasteiger partial charge in [-0.25, -0.2) is 0 Å². The lowest BCUT2D eigenvalue weighted by Crippen LogP contribution is -2.18. The molecule has 108 valence electrons. The summed E-state index contributed by atoms with van der Waals surface area (Å²) in [7, 11) is 0. The Bertz CT molecular complexity index is 824. The average Bonchev–Trinajstić information content (AvgIpc) is 2.97. The van der Waals surface area contributed by atoms with Crippen molar-refractivity contribution in [3.63, 3.8) is 0 Å². The summed E-state index contributed by atoms with van der Waals surface area (Å²) in [5, 5.41) is 26.3. The van der Waals surface area contributed by atoms with Gasteiger partial charge in [-0.15, -0.1) is 10.2 Å². The molecule has 0 spiro atoms. The van der Waals surface area contributed by atoms with Gasteiger partial charge in [0.05, 0.1) is 5.56 Å². The quantitative estimate of drug-likeness (QED) is 0.632. The molecule has 2 heterocycles. The number of hydrogen-bond acceptors (Lipinski definition) is 6. The molecule has 0 amide bonds. The number of nitrogens with one attached hydrogen (secondary N) is 1. The number of aromatic hydroxyl groups is 1. The molecule has 3 rings (SSSR count). The molecule has 0 atom stereocenters. The number of aryl methyl sites for hydroxylation is 1. The second-order valence-corrected chi connectivity index (χ2v) is 5.69. The van der Waals surface area contributed by atoms with Gasteiger partial charge in [0.15, 0.2) is 15.9 Å². The van der Waals surface area contributed by atoms with Crippen LogP contribution in [0.1, 0.15) is 12.7 Å².